The lowest BCUT2D eigenvalue weighted by Crippen LogP contribution is -2.48. The van der Waals surface area contributed by atoms with Crippen molar-refractivity contribution in [3.8, 4) is 11.5 Å². The summed E-state index contributed by atoms with van der Waals surface area (Å²) in [6.45, 7) is 1.14. The van der Waals surface area contributed by atoms with Gasteiger partial charge < -0.3 is 19.5 Å². The predicted octanol–water partition coefficient (Wildman–Crippen LogP) is 2.11. The average molecular weight is 339 g/mol. The van der Waals surface area contributed by atoms with Crippen molar-refractivity contribution in [1.82, 2.24) is 4.90 Å². The van der Waals surface area contributed by atoms with Crippen molar-refractivity contribution >= 4 is 11.9 Å². The van der Waals surface area contributed by atoms with Gasteiger partial charge in [0.25, 0.3) is 5.91 Å². The largest absolute Gasteiger partial charge is 0.485 e. The van der Waals surface area contributed by atoms with Gasteiger partial charge in [-0.15, -0.1) is 0 Å². The van der Waals surface area contributed by atoms with Gasteiger partial charge in [-0.25, -0.2) is 4.79 Å². The van der Waals surface area contributed by atoms with Crippen LogP contribution in [0, 0.1) is 0 Å². The van der Waals surface area contributed by atoms with Crippen molar-refractivity contribution in [2.45, 2.75) is 19.1 Å². The third-order valence-electron chi connectivity index (χ3n) is 4.56. The molecule has 6 heteroatoms. The van der Waals surface area contributed by atoms with E-state index in [0.29, 0.717) is 31.0 Å². The molecule has 1 N–H and O–H groups in total. The Morgan fingerprint density at radius 1 is 1.08 bits per heavy atom. The monoisotopic (exact) mass is 339 g/mol. The van der Waals surface area contributed by atoms with Gasteiger partial charge in [-0.05, 0) is 41.8 Å². The Morgan fingerprint density at radius 2 is 1.88 bits per heavy atom. The molecular weight excluding hydrogens is 322 g/mol. The van der Waals surface area contributed by atoms with Crippen molar-refractivity contribution in [2.75, 3.05) is 13.2 Å². The molecular formula is C19H17NO5. The molecule has 0 aliphatic carbocycles. The molecule has 0 saturated carbocycles. The topological polar surface area (TPSA) is 76.1 Å². The number of carbonyl (C=O) groups is 2. The molecule has 25 heavy (non-hydrogen) atoms. The van der Waals surface area contributed by atoms with Gasteiger partial charge in [0.1, 0.15) is 6.61 Å². The summed E-state index contributed by atoms with van der Waals surface area (Å²) in [6.07, 6.45) is 0.0182. The number of amides is 1. The molecule has 0 radical (unpaired) electrons. The molecule has 1 unspecified atom stereocenters. The van der Waals surface area contributed by atoms with E-state index < -0.39 is 12.1 Å². The van der Waals surface area contributed by atoms with Crippen LogP contribution >= 0.6 is 0 Å². The van der Waals surface area contributed by atoms with E-state index in [4.69, 9.17) is 14.6 Å². The van der Waals surface area contributed by atoms with Gasteiger partial charge in [0.15, 0.2) is 11.5 Å². The zero-order valence-electron chi connectivity index (χ0n) is 13.5. The first-order valence-electron chi connectivity index (χ1n) is 8.14. The van der Waals surface area contributed by atoms with E-state index in [2.05, 4.69) is 0 Å². The first kappa shape index (κ1) is 15.5. The lowest BCUT2D eigenvalue weighted by Gasteiger charge is -2.33. The lowest BCUT2D eigenvalue weighted by atomic mass is 9.97. The van der Waals surface area contributed by atoms with Gasteiger partial charge in [0.2, 0.25) is 6.10 Å². The Labute approximate surface area is 144 Å². The number of carboxylic acids is 1. The molecule has 2 aliphatic rings. The maximum absolute atomic E-state index is 12.8. The predicted molar refractivity (Wildman–Crippen MR) is 88.9 cm³/mol. The molecule has 2 aromatic carbocycles. The van der Waals surface area contributed by atoms with Crippen LogP contribution < -0.4 is 9.47 Å². The van der Waals surface area contributed by atoms with Gasteiger partial charge in [-0.1, -0.05) is 18.2 Å². The molecule has 0 spiro atoms. The first-order chi connectivity index (χ1) is 12.1. The fourth-order valence-corrected chi connectivity index (χ4v) is 3.22. The number of rotatable bonds is 2. The van der Waals surface area contributed by atoms with Crippen molar-refractivity contribution in [3.05, 3.63) is 59.2 Å². The molecule has 1 atom stereocenters. The maximum atomic E-state index is 12.8. The molecule has 4 rings (SSSR count). The molecule has 0 saturated heterocycles. The molecule has 0 bridgehead atoms. The number of aromatic carboxylic acids is 1. The number of hydrogen-bond acceptors (Lipinski definition) is 4. The van der Waals surface area contributed by atoms with Gasteiger partial charge >= 0.3 is 5.97 Å². The zero-order valence-corrected chi connectivity index (χ0v) is 13.5. The SMILES string of the molecule is O=C(O)c1ccc2c(c1)CN(C(=O)C1COc3ccccc3O1)CC2. The second kappa shape index (κ2) is 6.12. The smallest absolute Gasteiger partial charge is 0.335 e. The molecule has 2 heterocycles. The standard InChI is InChI=1S/C19H17NO5/c21-18(17-11-24-15-3-1-2-4-16(15)25-17)20-8-7-12-5-6-13(19(22)23)9-14(12)10-20/h1-6,9,17H,7-8,10-11H2,(H,22,23). The highest BCUT2D eigenvalue weighted by Gasteiger charge is 2.32. The van der Waals surface area contributed by atoms with Gasteiger partial charge in [0.05, 0.1) is 5.56 Å². The van der Waals surface area contributed by atoms with Crippen LogP contribution in [0.2, 0.25) is 0 Å². The summed E-state index contributed by atoms with van der Waals surface area (Å²) >= 11 is 0. The van der Waals surface area contributed by atoms with E-state index in [1.54, 1.807) is 29.2 Å². The van der Waals surface area contributed by atoms with Crippen molar-refractivity contribution in [2.24, 2.45) is 0 Å². The minimum absolute atomic E-state index is 0.138. The number of nitrogens with zero attached hydrogens (tertiary/aromatic N) is 1. The molecule has 0 aromatic heterocycles. The minimum atomic E-state index is -0.966. The van der Waals surface area contributed by atoms with E-state index >= 15 is 0 Å². The molecule has 2 aliphatic heterocycles. The quantitative estimate of drug-likeness (QED) is 0.907. The average Bonchev–Trinajstić information content (AvgIpc) is 2.66. The molecule has 0 fully saturated rings. The normalized spacial score (nSPS) is 18.4. The van der Waals surface area contributed by atoms with Crippen LogP contribution in [0.3, 0.4) is 0 Å². The highest BCUT2D eigenvalue weighted by atomic mass is 16.6. The highest BCUT2D eigenvalue weighted by Crippen LogP contribution is 2.32. The summed E-state index contributed by atoms with van der Waals surface area (Å²) in [5, 5.41) is 9.14. The van der Waals surface area contributed by atoms with Crippen LogP contribution in [0.5, 0.6) is 11.5 Å². The number of benzene rings is 2. The van der Waals surface area contributed by atoms with E-state index in [1.165, 1.54) is 0 Å². The summed E-state index contributed by atoms with van der Waals surface area (Å²) < 4.78 is 11.4. The van der Waals surface area contributed by atoms with Crippen LogP contribution in [0.4, 0.5) is 0 Å². The Morgan fingerprint density at radius 3 is 2.68 bits per heavy atom. The number of para-hydroxylation sites is 2. The second-order valence-corrected chi connectivity index (χ2v) is 6.16. The minimum Gasteiger partial charge on any atom is -0.485 e. The van der Waals surface area contributed by atoms with E-state index in [0.717, 1.165) is 11.1 Å². The molecule has 1 amide bonds. The molecule has 128 valence electrons. The van der Waals surface area contributed by atoms with Crippen LogP contribution in [0.25, 0.3) is 0 Å². The lowest BCUT2D eigenvalue weighted by molar-refractivity contribution is -0.142. The number of carbonyl (C=O) groups excluding carboxylic acids is 1. The summed E-state index contributed by atoms with van der Waals surface area (Å²) in [6, 6.07) is 12.3. The summed E-state index contributed by atoms with van der Waals surface area (Å²) in [5.74, 6) is 0.104. The third-order valence-corrected chi connectivity index (χ3v) is 4.56. The Balaban J connectivity index is 1.51. The van der Waals surface area contributed by atoms with Crippen molar-refractivity contribution in [3.63, 3.8) is 0 Å². The van der Waals surface area contributed by atoms with Gasteiger partial charge in [-0.2, -0.15) is 0 Å². The zero-order chi connectivity index (χ0) is 17.4. The number of ether oxygens (including phenoxy) is 2. The number of hydrogen-bond donors (Lipinski definition) is 1. The summed E-state index contributed by atoms with van der Waals surface area (Å²) in [5.41, 5.74) is 2.19. The fraction of sp³-hybridized carbons (Fsp3) is 0.263. The Kier molecular flexibility index (Phi) is 3.80. The second-order valence-electron chi connectivity index (χ2n) is 6.16. The number of carboxylic acid groups (broad SMARTS) is 1. The van der Waals surface area contributed by atoms with E-state index in [-0.39, 0.29) is 18.1 Å². The van der Waals surface area contributed by atoms with Crippen LogP contribution in [0.15, 0.2) is 42.5 Å². The van der Waals surface area contributed by atoms with Gasteiger partial charge in [-0.3, -0.25) is 4.79 Å². The van der Waals surface area contributed by atoms with Crippen molar-refractivity contribution in [1.29, 1.82) is 0 Å². The van der Waals surface area contributed by atoms with E-state index in [1.807, 2.05) is 18.2 Å². The van der Waals surface area contributed by atoms with Gasteiger partial charge in [0, 0.05) is 13.1 Å². The van der Waals surface area contributed by atoms with Crippen LogP contribution in [0.1, 0.15) is 21.5 Å². The van der Waals surface area contributed by atoms with Crippen molar-refractivity contribution < 1.29 is 24.2 Å². The summed E-state index contributed by atoms with van der Waals surface area (Å²) in [4.78, 5) is 25.6. The number of fused-ring (bicyclic) bond motifs is 2. The van der Waals surface area contributed by atoms with E-state index in [9.17, 15) is 9.59 Å². The first-order valence-corrected chi connectivity index (χ1v) is 8.14. The third kappa shape index (κ3) is 2.91. The molecule has 2 aromatic rings. The van der Waals surface area contributed by atoms with Crippen LogP contribution in [-0.2, 0) is 17.8 Å². The fourth-order valence-electron chi connectivity index (χ4n) is 3.22. The highest BCUT2D eigenvalue weighted by molar-refractivity contribution is 5.88. The van der Waals surface area contributed by atoms with Crippen LogP contribution in [-0.4, -0.2) is 41.1 Å². The maximum Gasteiger partial charge on any atom is 0.335 e. The Hall–Kier alpha value is -3.02. The molecule has 6 nitrogen and oxygen atoms in total. The Bertz CT molecular complexity index is 847. The summed E-state index contributed by atoms with van der Waals surface area (Å²) in [7, 11) is 0.